The number of phenolic OH excluding ortho intramolecular Hbond substituents is 3. The second-order valence-corrected chi connectivity index (χ2v) is 28.2. The van der Waals surface area contributed by atoms with Crippen molar-refractivity contribution in [3.63, 3.8) is 0 Å². The SMILES string of the molecule is CC[C@H](C)[C@H](N)C(=O)N[C@@H](Cc1ccc(O)cc1)C(=O)N[C@@H](Cc1ccccc1)C(=O)N[C@@H](CCCCN)C(=O)N[C@@H](CC(N)=O)C(=O)NCC(=O)N[C@@H](Cc1ccccc1)C(=O)N[C@@H](Cc1ccc(O)cc1)C(=O)N[C@@H](CC(=O)O)C(=O)N[C@@H](CC(=O)O)C(=O)N[C@@H](Cc1ccc(O)cc1)C(=O)N[C@@H](CC(C)C)C(=O)NCC(=O)O. The fraction of sp³-hybridized carbons (Fsp3) is 0.418. The van der Waals surface area contributed by atoms with Gasteiger partial charge in [-0.05, 0) is 108 Å². The topological polar surface area (TPSA) is 617 Å². The second-order valence-electron chi connectivity index (χ2n) is 28.2. The van der Waals surface area contributed by atoms with Crippen LogP contribution in [0.5, 0.6) is 17.2 Å². The lowest BCUT2D eigenvalue weighted by Gasteiger charge is -2.27. The molecule has 37 heteroatoms. The molecule has 0 unspecified atom stereocenters. The van der Waals surface area contributed by atoms with Gasteiger partial charge in [0, 0.05) is 32.1 Å². The number of phenols is 3. The summed E-state index contributed by atoms with van der Waals surface area (Å²) in [5.41, 5.74) is 19.7. The molecular weight excluding hydrogens is 1510 g/mol. The van der Waals surface area contributed by atoms with E-state index in [1.165, 1.54) is 72.8 Å². The van der Waals surface area contributed by atoms with E-state index in [2.05, 4.69) is 63.8 Å². The Kier molecular flexibility index (Phi) is 38.3. The van der Waals surface area contributed by atoms with E-state index in [0.29, 0.717) is 35.1 Å². The van der Waals surface area contributed by atoms with E-state index in [-0.39, 0.29) is 79.7 Å². The molecule has 0 aromatic heterocycles. The first-order chi connectivity index (χ1) is 55.0. The van der Waals surface area contributed by atoms with Gasteiger partial charge in [0.1, 0.15) is 84.2 Å². The van der Waals surface area contributed by atoms with E-state index in [1.54, 1.807) is 81.4 Å². The Morgan fingerprint density at radius 3 is 0.991 bits per heavy atom. The van der Waals surface area contributed by atoms with Gasteiger partial charge in [-0.25, -0.2) is 0 Å². The average molecular weight is 1610 g/mol. The molecule has 37 nitrogen and oxygen atoms in total. The highest BCUT2D eigenvalue weighted by Gasteiger charge is 2.38. The molecule has 0 fully saturated rings. The molecule has 24 N–H and O–H groups in total. The molecule has 626 valence electrons. The molecule has 0 aliphatic rings. The maximum atomic E-state index is 14.8. The number of primary amides is 1. The maximum absolute atomic E-state index is 14.8. The lowest BCUT2D eigenvalue weighted by molar-refractivity contribution is -0.143. The molecule has 0 saturated heterocycles. The number of amides is 13. The van der Waals surface area contributed by atoms with Crippen molar-refractivity contribution in [1.29, 1.82) is 0 Å². The largest absolute Gasteiger partial charge is 0.508 e. The third-order valence-corrected chi connectivity index (χ3v) is 18.3. The van der Waals surface area contributed by atoms with Crippen molar-refractivity contribution < 1.29 is 107 Å². The summed E-state index contributed by atoms with van der Waals surface area (Å²) < 4.78 is 0. The number of carboxylic acids is 3. The number of carboxylic acid groups (broad SMARTS) is 3. The first-order valence-electron chi connectivity index (χ1n) is 37.4. The van der Waals surface area contributed by atoms with Crippen LogP contribution in [0.4, 0.5) is 0 Å². The van der Waals surface area contributed by atoms with Crippen LogP contribution >= 0.6 is 0 Å². The molecule has 12 atom stereocenters. The lowest BCUT2D eigenvalue weighted by atomic mass is 9.98. The number of carbonyl (C=O) groups is 16. The van der Waals surface area contributed by atoms with Gasteiger partial charge in [0.15, 0.2) is 0 Å². The van der Waals surface area contributed by atoms with Crippen molar-refractivity contribution >= 4 is 94.7 Å². The average Bonchev–Trinajstić information content (AvgIpc) is 0.840. The molecule has 0 aliphatic heterocycles. The minimum atomic E-state index is -2.20. The van der Waals surface area contributed by atoms with Crippen molar-refractivity contribution in [1.82, 2.24) is 63.8 Å². The first-order valence-corrected chi connectivity index (χ1v) is 37.4. The number of nitrogens with two attached hydrogens (primary N) is 3. The number of unbranched alkanes of at least 4 members (excludes halogenated alkanes) is 1. The van der Waals surface area contributed by atoms with E-state index >= 15 is 0 Å². The zero-order valence-electron chi connectivity index (χ0n) is 64.5. The molecule has 0 bridgehead atoms. The third kappa shape index (κ3) is 33.3. The Hall–Kier alpha value is -13.1. The van der Waals surface area contributed by atoms with E-state index in [0.717, 1.165) is 0 Å². The van der Waals surface area contributed by atoms with E-state index in [1.807, 2.05) is 6.92 Å². The van der Waals surface area contributed by atoms with Crippen LogP contribution in [0.25, 0.3) is 0 Å². The number of aromatic hydroxyl groups is 3. The number of nitrogens with one attached hydrogen (secondary N) is 12. The Labute approximate surface area is 668 Å². The summed E-state index contributed by atoms with van der Waals surface area (Å²) >= 11 is 0. The Morgan fingerprint density at radius 2 is 0.647 bits per heavy atom. The van der Waals surface area contributed by atoms with Gasteiger partial charge in [-0.15, -0.1) is 0 Å². The molecule has 5 rings (SSSR count). The van der Waals surface area contributed by atoms with Crippen molar-refractivity contribution in [3.8, 4) is 17.2 Å². The summed E-state index contributed by atoms with van der Waals surface area (Å²) in [6.07, 6.45) is -4.00. The minimum Gasteiger partial charge on any atom is -0.508 e. The highest BCUT2D eigenvalue weighted by Crippen LogP contribution is 2.19. The predicted octanol–water partition coefficient (Wildman–Crippen LogP) is -2.15. The fourth-order valence-electron chi connectivity index (χ4n) is 11.8. The smallest absolute Gasteiger partial charge is 0.322 e. The molecule has 0 heterocycles. The molecule has 5 aromatic carbocycles. The van der Waals surface area contributed by atoms with Crippen LogP contribution in [0, 0.1) is 11.8 Å². The molecule has 0 saturated carbocycles. The van der Waals surface area contributed by atoms with Gasteiger partial charge in [-0.2, -0.15) is 0 Å². The van der Waals surface area contributed by atoms with E-state index in [4.69, 9.17) is 17.2 Å². The molecular formula is C79H103N15O22. The van der Waals surface area contributed by atoms with Crippen LogP contribution in [0.1, 0.15) is 107 Å². The molecule has 5 aromatic rings. The van der Waals surface area contributed by atoms with E-state index < -0.39 is 206 Å². The number of aliphatic carboxylic acids is 3. The van der Waals surface area contributed by atoms with Crippen LogP contribution in [0.2, 0.25) is 0 Å². The molecule has 0 spiro atoms. The first kappa shape index (κ1) is 93.5. The van der Waals surface area contributed by atoms with Crippen LogP contribution < -0.4 is 81.0 Å². The van der Waals surface area contributed by atoms with Crippen molar-refractivity contribution in [2.75, 3.05) is 19.6 Å². The van der Waals surface area contributed by atoms with Gasteiger partial charge in [0.05, 0.1) is 31.8 Å². The summed E-state index contributed by atoms with van der Waals surface area (Å²) in [7, 11) is 0. The zero-order chi connectivity index (χ0) is 85.7. The maximum Gasteiger partial charge on any atom is 0.322 e. The van der Waals surface area contributed by atoms with Crippen LogP contribution in [0.15, 0.2) is 133 Å². The third-order valence-electron chi connectivity index (χ3n) is 18.3. The summed E-state index contributed by atoms with van der Waals surface area (Å²) in [4.78, 5) is 219. The van der Waals surface area contributed by atoms with Gasteiger partial charge >= 0.3 is 17.9 Å². The molecule has 0 radical (unpaired) electrons. The molecule has 116 heavy (non-hydrogen) atoms. The number of hydrogen-bond donors (Lipinski definition) is 21. The van der Waals surface area contributed by atoms with Gasteiger partial charge in [0.25, 0.3) is 0 Å². The zero-order valence-corrected chi connectivity index (χ0v) is 64.5. The van der Waals surface area contributed by atoms with Crippen molar-refractivity contribution in [2.45, 2.75) is 178 Å². The highest BCUT2D eigenvalue weighted by atomic mass is 16.4. The standard InChI is InChI=1S/C79H103N15O22/c1-5-44(4)68(82)79(116)94-59(37-49-23-29-52(97)30-24-49)76(113)89-56(34-46-16-10-7-11-17-46)73(110)86-53(18-12-13-31-80)71(108)91-60(38-63(81)98)70(107)83-41-64(99)85-55(33-45-14-8-6-9-15-45)72(109)88-58(36-48-21-27-51(96)28-22-48)75(112)92-62(40-66(102)103)78(115)93-61(39-65(100)101)77(114)90-57(35-47-19-25-50(95)26-20-47)74(111)87-54(32-43(2)3)69(106)84-42-67(104)105/h6-11,14-17,19-30,43-44,53-62,68,95-97H,5,12-13,18,31-42,80,82H2,1-4H3,(H2,81,98)(H,83,107)(H,84,106)(H,85,99)(H,86,110)(H,87,111)(H,88,109)(H,89,113)(H,90,114)(H,91,108)(H,92,112)(H,93,115)(H,94,116)(H,100,101)(H,102,103)(H,104,105)/t44-,53-,54-,55-,56-,57-,58-,59-,60-,61-,62-,68-/m0/s1. The summed E-state index contributed by atoms with van der Waals surface area (Å²) in [6, 6.07) is 14.4. The van der Waals surface area contributed by atoms with Gasteiger partial charge in [-0.1, -0.05) is 131 Å². The number of rotatable bonds is 49. The molecule has 0 aliphatic carbocycles. The normalized spacial score (nSPS) is 14.1. The number of benzene rings is 5. The van der Waals surface area contributed by atoms with Gasteiger partial charge in [0.2, 0.25) is 76.8 Å². The fourth-order valence-corrected chi connectivity index (χ4v) is 11.8. The Morgan fingerprint density at radius 1 is 0.345 bits per heavy atom. The quantitative estimate of drug-likeness (QED) is 0.0185. The predicted molar refractivity (Wildman–Crippen MR) is 417 cm³/mol. The van der Waals surface area contributed by atoms with Gasteiger partial charge < -0.3 is 112 Å². The summed E-state index contributed by atoms with van der Waals surface area (Å²) in [5, 5.41) is 88.5. The van der Waals surface area contributed by atoms with Crippen LogP contribution in [-0.2, 0) is 109 Å². The van der Waals surface area contributed by atoms with Crippen molar-refractivity contribution in [3.05, 3.63) is 161 Å². The highest BCUT2D eigenvalue weighted by molar-refractivity contribution is 6.01. The minimum absolute atomic E-state index is 0.0435. The summed E-state index contributed by atoms with van der Waals surface area (Å²) in [5.74, 6) is -20.0. The number of hydrogen-bond acceptors (Lipinski definition) is 21. The van der Waals surface area contributed by atoms with Crippen LogP contribution in [-0.4, -0.2) is 211 Å². The number of carbonyl (C=O) groups excluding carboxylic acids is 13. The van der Waals surface area contributed by atoms with E-state index in [9.17, 15) is 107 Å². The Balaban J connectivity index is 1.39. The lowest BCUT2D eigenvalue weighted by Crippen LogP contribution is -2.61. The monoisotopic (exact) mass is 1610 g/mol. The Bertz CT molecular complexity index is 4200. The summed E-state index contributed by atoms with van der Waals surface area (Å²) in [6.45, 7) is 5.31. The second kappa shape index (κ2) is 47.5. The van der Waals surface area contributed by atoms with Crippen LogP contribution in [0.3, 0.4) is 0 Å². The van der Waals surface area contributed by atoms with Crippen molar-refractivity contribution in [2.24, 2.45) is 29.0 Å². The molecule has 13 amide bonds. The van der Waals surface area contributed by atoms with Gasteiger partial charge in [-0.3, -0.25) is 76.7 Å².